The number of carbonyl (C=O) groups excluding carboxylic acids is 3. The first-order valence-electron chi connectivity index (χ1n) is 33.4. The van der Waals surface area contributed by atoms with Crippen LogP contribution in [0.4, 0.5) is 0 Å². The lowest BCUT2D eigenvalue weighted by Gasteiger charge is -2.18. The van der Waals surface area contributed by atoms with Crippen LogP contribution in [0.1, 0.15) is 342 Å². The van der Waals surface area contributed by atoms with Gasteiger partial charge in [-0.3, -0.25) is 14.4 Å². The minimum absolute atomic E-state index is 0.0955. The molecule has 0 fully saturated rings. The fourth-order valence-corrected chi connectivity index (χ4v) is 9.73. The van der Waals surface area contributed by atoms with E-state index >= 15 is 0 Å². The molecule has 6 heteroatoms. The van der Waals surface area contributed by atoms with Gasteiger partial charge in [-0.1, -0.05) is 318 Å². The second-order valence-corrected chi connectivity index (χ2v) is 22.4. The van der Waals surface area contributed by atoms with Crippen molar-refractivity contribution < 1.29 is 28.6 Å². The van der Waals surface area contributed by atoms with Gasteiger partial charge in [-0.25, -0.2) is 0 Å². The molecular weight excluding hydrogens is 949 g/mol. The molecule has 0 rings (SSSR count). The molecule has 0 aliphatic carbocycles. The van der Waals surface area contributed by atoms with Gasteiger partial charge in [0.05, 0.1) is 0 Å². The summed E-state index contributed by atoms with van der Waals surface area (Å²) in [5, 5.41) is 0. The average molecular weight is 1080 g/mol. The zero-order chi connectivity index (χ0) is 55.7. The highest BCUT2D eigenvalue weighted by Gasteiger charge is 2.19. The van der Waals surface area contributed by atoms with Crippen LogP contribution in [0.5, 0.6) is 0 Å². The van der Waals surface area contributed by atoms with Crippen LogP contribution in [0.3, 0.4) is 0 Å². The first kappa shape index (κ1) is 73.8. The summed E-state index contributed by atoms with van der Waals surface area (Å²) >= 11 is 0. The van der Waals surface area contributed by atoms with Crippen molar-refractivity contribution >= 4 is 17.9 Å². The Labute approximate surface area is 478 Å². The SMILES string of the molecule is CC/C=C\C/C=C\C/C=C\C/C=C\CCC(=O)OCC(COC(=O)CCCCCCCCCCCCC/C=C\C/C=C\CCCCCCC)OC(=O)CCCCCCCCCCCCCCCCCCCCCCCCC. The largest absolute Gasteiger partial charge is 0.462 e. The first-order chi connectivity index (χ1) is 38.0. The molecule has 1 atom stereocenters. The summed E-state index contributed by atoms with van der Waals surface area (Å²) in [6.45, 7) is 6.50. The number of unbranched alkanes of at least 4 members (excludes halogenated alkanes) is 38. The fraction of sp³-hybridized carbons (Fsp3) is 0.789. The maximum Gasteiger partial charge on any atom is 0.306 e. The maximum atomic E-state index is 12.9. The van der Waals surface area contributed by atoms with Gasteiger partial charge in [0.15, 0.2) is 6.10 Å². The summed E-state index contributed by atoms with van der Waals surface area (Å²) in [6, 6.07) is 0. The van der Waals surface area contributed by atoms with Crippen molar-refractivity contribution in [2.24, 2.45) is 0 Å². The Balaban J connectivity index is 4.31. The standard InChI is InChI=1S/C71H126O6/c1-4-7-10-13-16-19-22-25-27-29-31-33-35-37-39-41-43-46-49-52-55-58-61-64-70(73)76-67-68(66-75-69(72)63-60-57-54-51-48-45-24-21-18-15-12-9-6-3)77-71(74)65-62-59-56-53-50-47-44-42-40-38-36-34-32-30-28-26-23-20-17-14-11-8-5-2/h9,12,18,21-22,25,29,31,45,48,54,57,68H,4-8,10-11,13-17,19-20,23-24,26-28,30,32-44,46-47,49-53,55-56,58-67H2,1-3H3/b12-9-,21-18-,25-22-,31-29-,48-45-,57-54-. The van der Waals surface area contributed by atoms with Crippen LogP contribution < -0.4 is 0 Å². The monoisotopic (exact) mass is 1070 g/mol. The molecule has 0 heterocycles. The third-order valence-electron chi connectivity index (χ3n) is 14.7. The molecule has 0 aromatic heterocycles. The lowest BCUT2D eigenvalue weighted by atomic mass is 10.0. The second kappa shape index (κ2) is 65.4. The van der Waals surface area contributed by atoms with E-state index < -0.39 is 6.10 Å². The lowest BCUT2D eigenvalue weighted by Crippen LogP contribution is -2.30. The molecule has 0 spiro atoms. The highest BCUT2D eigenvalue weighted by molar-refractivity contribution is 5.71. The summed E-state index contributed by atoms with van der Waals surface area (Å²) in [7, 11) is 0. The van der Waals surface area contributed by atoms with E-state index in [9.17, 15) is 14.4 Å². The van der Waals surface area contributed by atoms with E-state index in [1.807, 2.05) is 6.08 Å². The van der Waals surface area contributed by atoms with Crippen LogP contribution >= 0.6 is 0 Å². The number of hydrogen-bond acceptors (Lipinski definition) is 6. The first-order valence-corrected chi connectivity index (χ1v) is 33.4. The van der Waals surface area contributed by atoms with Crippen molar-refractivity contribution in [1.82, 2.24) is 0 Å². The summed E-state index contributed by atoms with van der Waals surface area (Å²) in [6.07, 6.45) is 85.1. The smallest absolute Gasteiger partial charge is 0.306 e. The molecule has 0 aliphatic heterocycles. The van der Waals surface area contributed by atoms with E-state index in [2.05, 4.69) is 87.6 Å². The van der Waals surface area contributed by atoms with Crippen LogP contribution in [-0.2, 0) is 28.6 Å². The number of ether oxygens (including phenoxy) is 3. The summed E-state index contributed by atoms with van der Waals surface area (Å²) < 4.78 is 16.9. The number of esters is 3. The molecule has 0 bridgehead atoms. The molecule has 0 N–H and O–H groups in total. The molecule has 77 heavy (non-hydrogen) atoms. The molecule has 0 amide bonds. The van der Waals surface area contributed by atoms with Gasteiger partial charge in [0.25, 0.3) is 0 Å². The minimum atomic E-state index is -0.804. The molecule has 0 aromatic carbocycles. The van der Waals surface area contributed by atoms with Crippen molar-refractivity contribution in [2.75, 3.05) is 13.2 Å². The summed E-state index contributed by atoms with van der Waals surface area (Å²) in [5.41, 5.74) is 0. The maximum absolute atomic E-state index is 12.9. The topological polar surface area (TPSA) is 78.9 Å². The minimum Gasteiger partial charge on any atom is -0.462 e. The van der Waals surface area contributed by atoms with Gasteiger partial charge < -0.3 is 14.2 Å². The Morgan fingerprint density at radius 2 is 0.532 bits per heavy atom. The van der Waals surface area contributed by atoms with E-state index in [0.29, 0.717) is 19.3 Å². The molecule has 446 valence electrons. The summed E-state index contributed by atoms with van der Waals surface area (Å²) in [4.78, 5) is 38.3. The van der Waals surface area contributed by atoms with E-state index in [0.717, 1.165) is 70.6 Å². The Morgan fingerprint density at radius 3 is 0.870 bits per heavy atom. The van der Waals surface area contributed by atoms with E-state index in [1.54, 1.807) is 0 Å². The van der Waals surface area contributed by atoms with Gasteiger partial charge in [0, 0.05) is 19.3 Å². The van der Waals surface area contributed by atoms with Gasteiger partial charge in [-0.05, 0) is 77.0 Å². The molecular formula is C71H126O6. The van der Waals surface area contributed by atoms with Gasteiger partial charge in [0.2, 0.25) is 0 Å². The predicted molar refractivity (Wildman–Crippen MR) is 335 cm³/mol. The Kier molecular flexibility index (Phi) is 62.7. The number of allylic oxidation sites excluding steroid dienone is 12. The normalized spacial score (nSPS) is 12.5. The van der Waals surface area contributed by atoms with Crippen LogP contribution in [-0.4, -0.2) is 37.2 Å². The third kappa shape index (κ3) is 63.6. The molecule has 0 saturated carbocycles. The van der Waals surface area contributed by atoms with Gasteiger partial charge in [0.1, 0.15) is 13.2 Å². The quantitative estimate of drug-likeness (QED) is 0.0261. The zero-order valence-corrected chi connectivity index (χ0v) is 51.2. The van der Waals surface area contributed by atoms with E-state index in [1.165, 1.54) is 225 Å². The third-order valence-corrected chi connectivity index (χ3v) is 14.7. The number of hydrogen-bond donors (Lipinski definition) is 0. The van der Waals surface area contributed by atoms with Crippen LogP contribution in [0, 0.1) is 0 Å². The molecule has 0 aromatic rings. The highest BCUT2D eigenvalue weighted by atomic mass is 16.6. The summed E-state index contributed by atoms with van der Waals surface area (Å²) in [5.74, 6) is -0.964. The number of carbonyl (C=O) groups is 3. The van der Waals surface area contributed by atoms with Gasteiger partial charge >= 0.3 is 17.9 Å². The fourth-order valence-electron chi connectivity index (χ4n) is 9.73. The van der Waals surface area contributed by atoms with E-state index in [-0.39, 0.29) is 37.5 Å². The van der Waals surface area contributed by atoms with Crippen molar-refractivity contribution in [1.29, 1.82) is 0 Å². The number of rotatable bonds is 61. The van der Waals surface area contributed by atoms with Crippen LogP contribution in [0.15, 0.2) is 72.9 Å². The average Bonchev–Trinajstić information content (AvgIpc) is 3.43. The van der Waals surface area contributed by atoms with E-state index in [4.69, 9.17) is 14.2 Å². The van der Waals surface area contributed by atoms with Crippen LogP contribution in [0.2, 0.25) is 0 Å². The lowest BCUT2D eigenvalue weighted by molar-refractivity contribution is -0.166. The van der Waals surface area contributed by atoms with Crippen molar-refractivity contribution in [3.05, 3.63) is 72.9 Å². The second-order valence-electron chi connectivity index (χ2n) is 22.4. The zero-order valence-electron chi connectivity index (χ0n) is 51.2. The van der Waals surface area contributed by atoms with Gasteiger partial charge in [-0.2, -0.15) is 0 Å². The Hall–Kier alpha value is -3.15. The van der Waals surface area contributed by atoms with Crippen LogP contribution in [0.25, 0.3) is 0 Å². The predicted octanol–water partition coefficient (Wildman–Crippen LogP) is 22.9. The molecule has 1 unspecified atom stereocenters. The van der Waals surface area contributed by atoms with Crippen molar-refractivity contribution in [3.63, 3.8) is 0 Å². The molecule has 6 nitrogen and oxygen atoms in total. The Morgan fingerprint density at radius 1 is 0.273 bits per heavy atom. The molecule has 0 radical (unpaired) electrons. The molecule has 0 saturated heterocycles. The Bertz CT molecular complexity index is 1420. The van der Waals surface area contributed by atoms with Gasteiger partial charge in [-0.15, -0.1) is 0 Å². The highest BCUT2D eigenvalue weighted by Crippen LogP contribution is 2.18. The molecule has 0 aliphatic rings. The van der Waals surface area contributed by atoms with Crippen molar-refractivity contribution in [2.45, 2.75) is 348 Å². The van der Waals surface area contributed by atoms with Crippen molar-refractivity contribution in [3.8, 4) is 0 Å².